The lowest BCUT2D eigenvalue weighted by atomic mass is 9.89. The Morgan fingerprint density at radius 1 is 1.30 bits per heavy atom. The molecule has 0 radical (unpaired) electrons. The number of aryl methyl sites for hydroxylation is 1. The standard InChI is InChI=1S/C20H29N5OS/c1-5-13-6-7-14-17(10-13)27-19(22-14)23-20(26)25-9-8-16-15(11-25)21-18(12(2)3)24(16)4/h12-13H,5-11H2,1-4H3,(H,22,23,26). The van der Waals surface area contributed by atoms with Crippen molar-refractivity contribution in [2.75, 3.05) is 11.9 Å². The van der Waals surface area contributed by atoms with Crippen LogP contribution in [0, 0.1) is 5.92 Å². The van der Waals surface area contributed by atoms with Crippen LogP contribution in [0.3, 0.4) is 0 Å². The van der Waals surface area contributed by atoms with Crippen LogP contribution in [0.25, 0.3) is 0 Å². The molecule has 0 saturated heterocycles. The van der Waals surface area contributed by atoms with Crippen LogP contribution in [0.4, 0.5) is 9.93 Å². The lowest BCUT2D eigenvalue weighted by Crippen LogP contribution is -2.39. The summed E-state index contributed by atoms with van der Waals surface area (Å²) in [5.41, 5.74) is 3.48. The van der Waals surface area contributed by atoms with Crippen molar-refractivity contribution in [2.24, 2.45) is 13.0 Å². The zero-order chi connectivity index (χ0) is 19.1. The Labute approximate surface area is 165 Å². The summed E-state index contributed by atoms with van der Waals surface area (Å²) in [5, 5.41) is 3.78. The summed E-state index contributed by atoms with van der Waals surface area (Å²) >= 11 is 1.65. The molecule has 146 valence electrons. The van der Waals surface area contributed by atoms with E-state index in [2.05, 4.69) is 42.7 Å². The molecule has 6 nitrogen and oxygen atoms in total. The fourth-order valence-electron chi connectivity index (χ4n) is 4.25. The number of aromatic nitrogens is 3. The van der Waals surface area contributed by atoms with Gasteiger partial charge in [0, 0.05) is 36.5 Å². The summed E-state index contributed by atoms with van der Waals surface area (Å²) < 4.78 is 2.20. The normalized spacial score (nSPS) is 19.1. The third-order valence-corrected chi connectivity index (χ3v) is 6.96. The maximum atomic E-state index is 12.8. The SMILES string of the molecule is CCC1CCc2nc(NC(=O)N3CCc4c(nc(C(C)C)n4C)C3)sc2C1. The number of fused-ring (bicyclic) bond motifs is 2. The smallest absolute Gasteiger partial charge is 0.324 e. The van der Waals surface area contributed by atoms with Crippen molar-refractivity contribution in [2.45, 2.75) is 65.3 Å². The summed E-state index contributed by atoms with van der Waals surface area (Å²) in [4.78, 5) is 25.5. The number of nitrogens with one attached hydrogen (secondary N) is 1. The minimum absolute atomic E-state index is 0.0597. The predicted octanol–water partition coefficient (Wildman–Crippen LogP) is 4.11. The molecule has 27 heavy (non-hydrogen) atoms. The monoisotopic (exact) mass is 387 g/mol. The molecule has 1 aliphatic carbocycles. The molecule has 3 heterocycles. The van der Waals surface area contributed by atoms with Crippen LogP contribution in [0.2, 0.25) is 0 Å². The topological polar surface area (TPSA) is 63.1 Å². The molecule has 2 amide bonds. The van der Waals surface area contributed by atoms with Gasteiger partial charge in [-0.15, -0.1) is 11.3 Å². The van der Waals surface area contributed by atoms with E-state index in [4.69, 9.17) is 4.98 Å². The van der Waals surface area contributed by atoms with E-state index in [-0.39, 0.29) is 6.03 Å². The van der Waals surface area contributed by atoms with Crippen molar-refractivity contribution >= 4 is 22.5 Å². The van der Waals surface area contributed by atoms with Crippen LogP contribution < -0.4 is 5.32 Å². The van der Waals surface area contributed by atoms with Crippen molar-refractivity contribution in [3.05, 3.63) is 27.8 Å². The van der Waals surface area contributed by atoms with Gasteiger partial charge in [-0.25, -0.2) is 14.8 Å². The molecule has 0 saturated carbocycles. The van der Waals surface area contributed by atoms with E-state index in [0.717, 1.165) is 48.4 Å². The highest BCUT2D eigenvalue weighted by molar-refractivity contribution is 7.15. The molecule has 1 atom stereocenters. The van der Waals surface area contributed by atoms with Crippen molar-refractivity contribution in [1.82, 2.24) is 19.4 Å². The second-order valence-electron chi connectivity index (χ2n) is 8.08. The molecule has 4 rings (SSSR count). The molecule has 2 aromatic heterocycles. The Morgan fingerprint density at radius 3 is 2.85 bits per heavy atom. The van der Waals surface area contributed by atoms with E-state index in [1.165, 1.54) is 29.1 Å². The third kappa shape index (κ3) is 3.49. The van der Waals surface area contributed by atoms with Gasteiger partial charge in [-0.2, -0.15) is 0 Å². The molecular weight excluding hydrogens is 358 g/mol. The van der Waals surface area contributed by atoms with E-state index in [0.29, 0.717) is 12.5 Å². The van der Waals surface area contributed by atoms with Crippen LogP contribution in [0.15, 0.2) is 0 Å². The first kappa shape index (κ1) is 18.5. The summed E-state index contributed by atoms with van der Waals surface area (Å²) in [7, 11) is 2.08. The molecule has 1 unspecified atom stereocenters. The predicted molar refractivity (Wildman–Crippen MR) is 108 cm³/mol. The number of hydrogen-bond acceptors (Lipinski definition) is 4. The highest BCUT2D eigenvalue weighted by atomic mass is 32.1. The molecular formula is C20H29N5OS. The van der Waals surface area contributed by atoms with E-state index in [9.17, 15) is 4.79 Å². The van der Waals surface area contributed by atoms with Gasteiger partial charge in [0.25, 0.3) is 0 Å². The number of hydrogen-bond donors (Lipinski definition) is 1. The van der Waals surface area contributed by atoms with Gasteiger partial charge in [-0.05, 0) is 25.2 Å². The Hall–Kier alpha value is -1.89. The second kappa shape index (κ2) is 7.26. The van der Waals surface area contributed by atoms with Crippen molar-refractivity contribution in [3.63, 3.8) is 0 Å². The number of imidazole rings is 1. The lowest BCUT2D eigenvalue weighted by molar-refractivity contribution is 0.205. The van der Waals surface area contributed by atoms with E-state index in [1.807, 2.05) is 4.90 Å². The average Bonchev–Trinajstić information content (AvgIpc) is 3.21. The van der Waals surface area contributed by atoms with E-state index < -0.39 is 0 Å². The van der Waals surface area contributed by atoms with E-state index in [1.54, 1.807) is 11.3 Å². The third-order valence-electron chi connectivity index (χ3n) is 5.93. The van der Waals surface area contributed by atoms with Gasteiger partial charge in [0.15, 0.2) is 5.13 Å². The molecule has 2 aromatic rings. The molecule has 1 aliphatic heterocycles. The number of amides is 2. The van der Waals surface area contributed by atoms with Crippen molar-refractivity contribution < 1.29 is 4.79 Å². The molecule has 0 aromatic carbocycles. The Kier molecular flexibility index (Phi) is 4.97. The van der Waals surface area contributed by atoms with Gasteiger partial charge in [-0.3, -0.25) is 5.32 Å². The fourth-order valence-corrected chi connectivity index (χ4v) is 5.37. The fraction of sp³-hybridized carbons (Fsp3) is 0.650. The van der Waals surface area contributed by atoms with Crippen molar-refractivity contribution in [3.8, 4) is 0 Å². The number of thiazole rings is 1. The number of nitrogens with zero attached hydrogens (tertiary/aromatic N) is 4. The summed E-state index contributed by atoms with van der Waals surface area (Å²) in [6.45, 7) is 7.87. The molecule has 0 fully saturated rings. The number of urea groups is 1. The maximum Gasteiger partial charge on any atom is 0.324 e. The molecule has 0 spiro atoms. The van der Waals surface area contributed by atoms with Crippen LogP contribution in [0.1, 0.15) is 67.3 Å². The Balaban J connectivity index is 1.44. The summed E-state index contributed by atoms with van der Waals surface area (Å²) in [6, 6.07) is -0.0597. The molecule has 2 aliphatic rings. The summed E-state index contributed by atoms with van der Waals surface area (Å²) in [6.07, 6.45) is 5.44. The number of carbonyl (C=O) groups excluding carboxylic acids is 1. The first-order valence-electron chi connectivity index (χ1n) is 10.0. The van der Waals surface area contributed by atoms with Crippen molar-refractivity contribution in [1.29, 1.82) is 0 Å². The number of rotatable bonds is 3. The van der Waals surface area contributed by atoms with Crippen LogP contribution >= 0.6 is 11.3 Å². The average molecular weight is 388 g/mol. The zero-order valence-corrected chi connectivity index (χ0v) is 17.5. The lowest BCUT2D eigenvalue weighted by Gasteiger charge is -2.26. The number of anilines is 1. The molecule has 1 N–H and O–H groups in total. The van der Waals surface area contributed by atoms with Crippen LogP contribution in [-0.2, 0) is 32.9 Å². The quantitative estimate of drug-likeness (QED) is 0.862. The second-order valence-corrected chi connectivity index (χ2v) is 9.17. The molecule has 0 bridgehead atoms. The largest absolute Gasteiger partial charge is 0.334 e. The minimum Gasteiger partial charge on any atom is -0.334 e. The first-order chi connectivity index (χ1) is 13.0. The van der Waals surface area contributed by atoms with Gasteiger partial charge >= 0.3 is 6.03 Å². The maximum absolute atomic E-state index is 12.8. The Morgan fingerprint density at radius 2 is 2.11 bits per heavy atom. The first-order valence-corrected chi connectivity index (χ1v) is 10.9. The van der Waals surface area contributed by atoms with Gasteiger partial charge in [0.05, 0.1) is 17.9 Å². The Bertz CT molecular complexity index is 853. The van der Waals surface area contributed by atoms with Crippen LogP contribution in [-0.4, -0.2) is 32.0 Å². The van der Waals surface area contributed by atoms with Gasteiger partial charge in [-0.1, -0.05) is 27.2 Å². The highest BCUT2D eigenvalue weighted by Gasteiger charge is 2.27. The summed E-state index contributed by atoms with van der Waals surface area (Å²) in [5.74, 6) is 2.25. The van der Waals surface area contributed by atoms with E-state index >= 15 is 0 Å². The van der Waals surface area contributed by atoms with Gasteiger partial charge < -0.3 is 9.47 Å². The minimum atomic E-state index is -0.0597. The molecule has 7 heteroatoms. The van der Waals surface area contributed by atoms with Crippen LogP contribution in [0.5, 0.6) is 0 Å². The highest BCUT2D eigenvalue weighted by Crippen LogP contribution is 2.33. The number of carbonyl (C=O) groups is 1. The van der Waals surface area contributed by atoms with Gasteiger partial charge in [0.2, 0.25) is 0 Å². The van der Waals surface area contributed by atoms with Gasteiger partial charge in [0.1, 0.15) is 5.82 Å². The zero-order valence-electron chi connectivity index (χ0n) is 16.7.